The largest absolute Gasteiger partial charge is 0.417 e. The van der Waals surface area contributed by atoms with E-state index in [1.807, 2.05) is 44.2 Å². The van der Waals surface area contributed by atoms with Gasteiger partial charge in [0.15, 0.2) is 5.82 Å². The van der Waals surface area contributed by atoms with E-state index in [4.69, 9.17) is 16.0 Å². The van der Waals surface area contributed by atoms with Crippen molar-refractivity contribution in [1.29, 1.82) is 0 Å². The molecule has 0 fully saturated rings. The summed E-state index contributed by atoms with van der Waals surface area (Å²) in [6.45, 7) is 6.91. The third kappa shape index (κ3) is 5.94. The van der Waals surface area contributed by atoms with Crippen LogP contribution in [-0.2, 0) is 16.8 Å². The summed E-state index contributed by atoms with van der Waals surface area (Å²) >= 11 is 5.96. The number of anilines is 1. The second-order valence-corrected chi connectivity index (χ2v) is 10.5. The average Bonchev–Trinajstić information content (AvgIpc) is 3.44. The molecule has 0 aliphatic carbocycles. The second kappa shape index (κ2) is 11.8. The van der Waals surface area contributed by atoms with Crippen molar-refractivity contribution in [3.05, 3.63) is 87.7 Å². The number of carbonyl (C=O) groups excluding carboxylic acids is 2. The Bertz CT molecular complexity index is 1560. The third-order valence-electron chi connectivity index (χ3n) is 6.47. The summed E-state index contributed by atoms with van der Waals surface area (Å²) in [6, 6.07) is 11.6. The molecule has 0 bridgehead atoms. The van der Waals surface area contributed by atoms with Gasteiger partial charge in [0.05, 0.1) is 34.1 Å². The van der Waals surface area contributed by atoms with E-state index in [9.17, 15) is 14.4 Å². The Kier molecular flexibility index (Phi) is 8.43. The Morgan fingerprint density at radius 2 is 1.77 bits per heavy atom. The summed E-state index contributed by atoms with van der Waals surface area (Å²) in [6.07, 6.45) is 3.04. The summed E-state index contributed by atoms with van der Waals surface area (Å²) in [7, 11) is 1.58. The minimum atomic E-state index is -0.973. The van der Waals surface area contributed by atoms with Gasteiger partial charge in [0, 0.05) is 13.2 Å². The van der Waals surface area contributed by atoms with Crippen molar-refractivity contribution in [2.75, 3.05) is 12.4 Å². The minimum Gasteiger partial charge on any atom is -0.417 e. The number of hydrogen-bond donors (Lipinski definition) is 2. The summed E-state index contributed by atoms with van der Waals surface area (Å²) in [4.78, 5) is 48.2. The number of benzene rings is 1. The number of nitrogens with zero attached hydrogens (tertiary/aromatic N) is 5. The van der Waals surface area contributed by atoms with Gasteiger partial charge in [-0.05, 0) is 37.5 Å². The number of hydrogen-bond acceptors (Lipinski definition) is 9. The van der Waals surface area contributed by atoms with Crippen LogP contribution in [0.3, 0.4) is 0 Å². The molecule has 208 valence electrons. The van der Waals surface area contributed by atoms with E-state index in [1.54, 1.807) is 33.0 Å². The fraction of sp³-hybridized carbons (Fsp3) is 0.321. The zero-order chi connectivity index (χ0) is 29.0. The van der Waals surface area contributed by atoms with Gasteiger partial charge in [-0.1, -0.05) is 55.8 Å². The molecule has 40 heavy (non-hydrogen) atoms. The highest BCUT2D eigenvalue weighted by atomic mass is 35.5. The van der Waals surface area contributed by atoms with Crippen LogP contribution in [0.5, 0.6) is 0 Å². The molecule has 4 rings (SSSR count). The van der Waals surface area contributed by atoms with Gasteiger partial charge in [-0.2, -0.15) is 0 Å². The van der Waals surface area contributed by atoms with Gasteiger partial charge in [-0.3, -0.25) is 23.9 Å². The Morgan fingerprint density at radius 3 is 2.40 bits per heavy atom. The first-order valence-electron chi connectivity index (χ1n) is 12.7. The lowest BCUT2D eigenvalue weighted by molar-refractivity contribution is -0.122. The number of ketones is 1. The van der Waals surface area contributed by atoms with Gasteiger partial charge in [-0.25, -0.2) is 4.98 Å². The van der Waals surface area contributed by atoms with Crippen LogP contribution in [0, 0.1) is 5.92 Å². The smallest absolute Gasteiger partial charge is 0.294 e. The highest BCUT2D eigenvalue weighted by Gasteiger charge is 2.35. The van der Waals surface area contributed by atoms with E-state index in [-0.39, 0.29) is 30.1 Å². The molecule has 3 heterocycles. The zero-order valence-corrected chi connectivity index (χ0v) is 23.6. The van der Waals surface area contributed by atoms with Gasteiger partial charge in [0.2, 0.25) is 17.6 Å². The van der Waals surface area contributed by atoms with Crippen molar-refractivity contribution in [1.82, 2.24) is 30.0 Å². The Hall–Kier alpha value is -4.38. The van der Waals surface area contributed by atoms with Crippen molar-refractivity contribution >= 4 is 29.1 Å². The topological polar surface area (TPSA) is 145 Å². The lowest BCUT2D eigenvalue weighted by Crippen LogP contribution is -2.46. The standard InChI is InChI=1S/C28H30ClN7O4/c1-16(2)22(23(38)25-34-35-27(40-25)28(3,4)20-12-11-18(29)13-31-20)33-21(37)15-36-19(17-9-7-6-8-10-17)14-32-24(30-5)26(36)39/h6-14,16,22H,15H2,1-5H3,(H,30,32)(H,33,37). The molecule has 12 heteroatoms. The lowest BCUT2D eigenvalue weighted by Gasteiger charge is -2.21. The number of amides is 1. The van der Waals surface area contributed by atoms with Crippen LogP contribution in [0.25, 0.3) is 11.3 Å². The number of halogens is 1. The molecule has 0 spiro atoms. The van der Waals surface area contributed by atoms with Gasteiger partial charge in [-0.15, -0.1) is 10.2 Å². The molecule has 1 unspecified atom stereocenters. The lowest BCUT2D eigenvalue weighted by atomic mass is 9.89. The number of aromatic nitrogens is 5. The Morgan fingerprint density at radius 1 is 1.05 bits per heavy atom. The zero-order valence-electron chi connectivity index (χ0n) is 22.8. The maximum Gasteiger partial charge on any atom is 0.294 e. The van der Waals surface area contributed by atoms with Crippen LogP contribution >= 0.6 is 11.6 Å². The van der Waals surface area contributed by atoms with E-state index in [2.05, 4.69) is 30.8 Å². The monoisotopic (exact) mass is 563 g/mol. The summed E-state index contributed by atoms with van der Waals surface area (Å²) < 4.78 is 7.10. The van der Waals surface area contributed by atoms with E-state index in [0.29, 0.717) is 16.4 Å². The molecule has 4 aromatic rings. The molecule has 1 aromatic carbocycles. The average molecular weight is 564 g/mol. The van der Waals surface area contributed by atoms with Crippen molar-refractivity contribution in [3.63, 3.8) is 0 Å². The number of nitrogens with one attached hydrogen (secondary N) is 2. The quantitative estimate of drug-likeness (QED) is 0.276. The van der Waals surface area contributed by atoms with E-state index >= 15 is 0 Å². The molecular weight excluding hydrogens is 534 g/mol. The molecule has 1 atom stereocenters. The SMILES string of the molecule is CNc1ncc(-c2ccccc2)n(CC(=O)NC(C(=O)c2nnc(C(C)(C)c3ccc(Cl)cn3)o2)C(C)C)c1=O. The van der Waals surface area contributed by atoms with Gasteiger partial charge in [0.25, 0.3) is 11.4 Å². The molecule has 0 aliphatic rings. The van der Waals surface area contributed by atoms with Crippen molar-refractivity contribution < 1.29 is 14.0 Å². The van der Waals surface area contributed by atoms with Crippen LogP contribution in [0.1, 0.15) is 50.0 Å². The number of Topliss-reactive ketones (excluding diaryl/α,β-unsaturated/α-hetero) is 1. The van der Waals surface area contributed by atoms with Gasteiger partial charge >= 0.3 is 0 Å². The van der Waals surface area contributed by atoms with Crippen molar-refractivity contribution in [2.45, 2.75) is 45.7 Å². The Balaban J connectivity index is 1.57. The highest BCUT2D eigenvalue weighted by Crippen LogP contribution is 2.30. The number of pyridine rings is 1. The summed E-state index contributed by atoms with van der Waals surface area (Å²) in [5, 5.41) is 14.0. The molecule has 0 aliphatic heterocycles. The van der Waals surface area contributed by atoms with Crippen LogP contribution in [0.2, 0.25) is 5.02 Å². The first-order chi connectivity index (χ1) is 19.0. The molecule has 1 amide bonds. The molecule has 0 saturated heterocycles. The predicted octanol–water partition coefficient (Wildman–Crippen LogP) is 3.73. The minimum absolute atomic E-state index is 0.0974. The first kappa shape index (κ1) is 28.6. The number of carbonyl (C=O) groups is 2. The van der Waals surface area contributed by atoms with Crippen LogP contribution in [-0.4, -0.2) is 49.5 Å². The molecule has 11 nitrogen and oxygen atoms in total. The molecule has 3 aromatic heterocycles. The van der Waals surface area contributed by atoms with E-state index in [1.165, 1.54) is 17.0 Å². The van der Waals surface area contributed by atoms with E-state index in [0.717, 1.165) is 5.56 Å². The fourth-order valence-corrected chi connectivity index (χ4v) is 4.23. The third-order valence-corrected chi connectivity index (χ3v) is 6.69. The summed E-state index contributed by atoms with van der Waals surface area (Å²) in [5.41, 5.74) is 0.549. The van der Waals surface area contributed by atoms with Crippen LogP contribution < -0.4 is 16.2 Å². The highest BCUT2D eigenvalue weighted by molar-refractivity contribution is 6.30. The van der Waals surface area contributed by atoms with Crippen LogP contribution in [0.15, 0.2) is 64.1 Å². The molecule has 0 radical (unpaired) electrons. The predicted molar refractivity (Wildman–Crippen MR) is 150 cm³/mol. The maximum absolute atomic E-state index is 13.4. The molecule has 2 N–H and O–H groups in total. The normalized spacial score (nSPS) is 12.3. The van der Waals surface area contributed by atoms with Gasteiger partial charge in [0.1, 0.15) is 6.54 Å². The number of rotatable bonds is 10. The Labute approximate surface area is 236 Å². The maximum atomic E-state index is 13.4. The van der Waals surface area contributed by atoms with E-state index < -0.39 is 28.7 Å². The van der Waals surface area contributed by atoms with Crippen LogP contribution in [0.4, 0.5) is 5.82 Å². The molecular formula is C28H30ClN7O4. The second-order valence-electron chi connectivity index (χ2n) is 10.1. The van der Waals surface area contributed by atoms with Crippen molar-refractivity contribution in [3.8, 4) is 11.3 Å². The van der Waals surface area contributed by atoms with Crippen molar-refractivity contribution in [2.24, 2.45) is 5.92 Å². The van der Waals surface area contributed by atoms with Gasteiger partial charge < -0.3 is 15.1 Å². The fourth-order valence-electron chi connectivity index (χ4n) is 4.12. The summed E-state index contributed by atoms with van der Waals surface area (Å²) in [5.74, 6) is -1.34. The molecule has 0 saturated carbocycles. The first-order valence-corrected chi connectivity index (χ1v) is 13.0.